The third-order valence-corrected chi connectivity index (χ3v) is 1.92. The molecule has 0 aliphatic heterocycles. The Hall–Kier alpha value is -1.59. The zero-order valence-corrected chi connectivity index (χ0v) is 10.6. The minimum absolute atomic E-state index is 0.192. The van der Waals surface area contributed by atoms with Gasteiger partial charge in [0.2, 0.25) is 5.91 Å². The minimum atomic E-state index is -1.25. The number of amides is 1. The van der Waals surface area contributed by atoms with Gasteiger partial charge in [0, 0.05) is 6.42 Å². The number of rotatable bonds is 5. The first-order valence-corrected chi connectivity index (χ1v) is 5.24. The van der Waals surface area contributed by atoms with E-state index in [2.05, 4.69) is 10.1 Å². The molecule has 2 N–H and O–H groups in total. The molecule has 17 heavy (non-hydrogen) atoms. The molecule has 0 aromatic rings. The molecule has 0 radical (unpaired) electrons. The predicted octanol–water partition coefficient (Wildman–Crippen LogP) is 0.555. The van der Waals surface area contributed by atoms with Crippen molar-refractivity contribution < 1.29 is 24.2 Å². The number of hydrogen-bond donors (Lipinski definition) is 2. The van der Waals surface area contributed by atoms with Gasteiger partial charge in [0.1, 0.15) is 6.04 Å². The van der Waals surface area contributed by atoms with E-state index < -0.39 is 23.9 Å². The van der Waals surface area contributed by atoms with Crippen molar-refractivity contribution in [1.29, 1.82) is 0 Å². The molecule has 0 bridgehead atoms. The van der Waals surface area contributed by atoms with Gasteiger partial charge in [-0.05, 0) is 5.41 Å². The first-order valence-electron chi connectivity index (χ1n) is 5.24. The van der Waals surface area contributed by atoms with E-state index in [0.717, 1.165) is 7.11 Å². The van der Waals surface area contributed by atoms with E-state index in [1.54, 1.807) is 0 Å². The predicted molar refractivity (Wildman–Crippen MR) is 60.3 cm³/mol. The number of hydrogen-bond acceptors (Lipinski definition) is 4. The SMILES string of the molecule is COC(=O)C[C@@H](NC(=O)CC(C)(C)C)C(=O)O. The molecule has 0 aromatic heterocycles. The molecule has 0 fully saturated rings. The fraction of sp³-hybridized carbons (Fsp3) is 0.727. The van der Waals surface area contributed by atoms with Gasteiger partial charge in [0.25, 0.3) is 0 Å². The molecule has 0 aliphatic rings. The van der Waals surface area contributed by atoms with Gasteiger partial charge in [-0.3, -0.25) is 9.59 Å². The Kier molecular flexibility index (Phi) is 5.64. The topological polar surface area (TPSA) is 92.7 Å². The van der Waals surface area contributed by atoms with Crippen LogP contribution in [-0.4, -0.2) is 36.1 Å². The number of carbonyl (C=O) groups excluding carboxylic acids is 2. The van der Waals surface area contributed by atoms with E-state index in [1.807, 2.05) is 20.8 Å². The van der Waals surface area contributed by atoms with Crippen LogP contribution in [0.2, 0.25) is 0 Å². The molecule has 98 valence electrons. The van der Waals surface area contributed by atoms with E-state index in [-0.39, 0.29) is 18.3 Å². The van der Waals surface area contributed by atoms with Crippen LogP contribution in [0.5, 0.6) is 0 Å². The second-order valence-corrected chi connectivity index (χ2v) is 4.98. The van der Waals surface area contributed by atoms with Crippen molar-refractivity contribution in [3.63, 3.8) is 0 Å². The maximum atomic E-state index is 11.5. The van der Waals surface area contributed by atoms with E-state index in [4.69, 9.17) is 5.11 Å². The maximum Gasteiger partial charge on any atom is 0.326 e. The van der Waals surface area contributed by atoms with Crippen molar-refractivity contribution in [2.75, 3.05) is 7.11 Å². The van der Waals surface area contributed by atoms with Gasteiger partial charge in [-0.2, -0.15) is 0 Å². The third-order valence-electron chi connectivity index (χ3n) is 1.92. The van der Waals surface area contributed by atoms with Crippen LogP contribution in [0.4, 0.5) is 0 Å². The van der Waals surface area contributed by atoms with Crippen molar-refractivity contribution in [3.8, 4) is 0 Å². The summed E-state index contributed by atoms with van der Waals surface area (Å²) in [5.74, 6) is -2.32. The highest BCUT2D eigenvalue weighted by atomic mass is 16.5. The number of aliphatic carboxylic acids is 1. The molecule has 0 saturated heterocycles. The van der Waals surface area contributed by atoms with Crippen molar-refractivity contribution >= 4 is 17.8 Å². The van der Waals surface area contributed by atoms with Crippen LogP contribution >= 0.6 is 0 Å². The summed E-state index contributed by atoms with van der Waals surface area (Å²) in [4.78, 5) is 33.3. The number of carboxylic acid groups (broad SMARTS) is 1. The van der Waals surface area contributed by atoms with Crippen LogP contribution in [0.3, 0.4) is 0 Å². The van der Waals surface area contributed by atoms with Crippen LogP contribution in [0.1, 0.15) is 33.6 Å². The normalized spacial score (nSPS) is 12.7. The molecule has 0 unspecified atom stereocenters. The summed E-state index contributed by atoms with van der Waals surface area (Å²) in [5, 5.41) is 11.1. The van der Waals surface area contributed by atoms with Gasteiger partial charge in [-0.25, -0.2) is 4.79 Å². The van der Waals surface area contributed by atoms with Gasteiger partial charge in [-0.15, -0.1) is 0 Å². The Morgan fingerprint density at radius 2 is 1.82 bits per heavy atom. The van der Waals surface area contributed by atoms with E-state index in [9.17, 15) is 14.4 Å². The monoisotopic (exact) mass is 245 g/mol. The number of nitrogens with one attached hydrogen (secondary N) is 1. The quantitative estimate of drug-likeness (QED) is 0.690. The Labute approximate surface area is 100 Å². The molecule has 6 heteroatoms. The second kappa shape index (κ2) is 6.22. The second-order valence-electron chi connectivity index (χ2n) is 4.98. The summed E-state index contributed by atoms with van der Waals surface area (Å²) in [6.45, 7) is 5.59. The van der Waals surface area contributed by atoms with Crippen molar-refractivity contribution in [2.24, 2.45) is 5.41 Å². The first kappa shape index (κ1) is 15.4. The fourth-order valence-electron chi connectivity index (χ4n) is 1.18. The molecule has 1 atom stereocenters. The summed E-state index contributed by atoms with van der Waals surface area (Å²) in [7, 11) is 1.16. The summed E-state index contributed by atoms with van der Waals surface area (Å²) in [6.07, 6.45) is -0.181. The van der Waals surface area contributed by atoms with Crippen LogP contribution < -0.4 is 5.32 Å². The highest BCUT2D eigenvalue weighted by molar-refractivity contribution is 5.87. The van der Waals surface area contributed by atoms with Crippen LogP contribution in [-0.2, 0) is 19.1 Å². The molecule has 0 rings (SSSR count). The summed E-state index contributed by atoms with van der Waals surface area (Å²) in [6, 6.07) is -1.24. The summed E-state index contributed by atoms with van der Waals surface area (Å²) in [5.41, 5.74) is -0.238. The highest BCUT2D eigenvalue weighted by Crippen LogP contribution is 2.18. The van der Waals surface area contributed by atoms with E-state index in [1.165, 1.54) is 0 Å². The Morgan fingerprint density at radius 3 is 2.18 bits per heavy atom. The van der Waals surface area contributed by atoms with Gasteiger partial charge < -0.3 is 15.2 Å². The minimum Gasteiger partial charge on any atom is -0.480 e. The zero-order chi connectivity index (χ0) is 13.6. The van der Waals surface area contributed by atoms with Gasteiger partial charge in [0.15, 0.2) is 0 Å². The molecular weight excluding hydrogens is 226 g/mol. The molecule has 0 saturated carbocycles. The number of carboxylic acids is 1. The Balaban J connectivity index is 4.41. The number of methoxy groups -OCH3 is 1. The van der Waals surface area contributed by atoms with Crippen LogP contribution in [0, 0.1) is 5.41 Å². The lowest BCUT2D eigenvalue weighted by atomic mass is 9.92. The van der Waals surface area contributed by atoms with Crippen molar-refractivity contribution in [3.05, 3.63) is 0 Å². The number of esters is 1. The summed E-state index contributed by atoms with van der Waals surface area (Å²) < 4.78 is 4.36. The third kappa shape index (κ3) is 7.32. The van der Waals surface area contributed by atoms with Gasteiger partial charge >= 0.3 is 11.9 Å². The zero-order valence-electron chi connectivity index (χ0n) is 10.6. The molecular formula is C11H19NO5. The smallest absolute Gasteiger partial charge is 0.326 e. The maximum absolute atomic E-state index is 11.5. The molecule has 0 aliphatic carbocycles. The van der Waals surface area contributed by atoms with E-state index in [0.29, 0.717) is 0 Å². The highest BCUT2D eigenvalue weighted by Gasteiger charge is 2.25. The van der Waals surface area contributed by atoms with Gasteiger partial charge in [-0.1, -0.05) is 20.8 Å². The van der Waals surface area contributed by atoms with Crippen molar-refractivity contribution in [1.82, 2.24) is 5.32 Å². The van der Waals surface area contributed by atoms with Gasteiger partial charge in [0.05, 0.1) is 13.5 Å². The molecule has 6 nitrogen and oxygen atoms in total. The standard InChI is InChI=1S/C11H19NO5/c1-11(2,3)6-8(13)12-7(10(15)16)5-9(14)17-4/h7H,5-6H2,1-4H3,(H,12,13)(H,15,16)/t7-/m1/s1. The molecule has 0 aromatic carbocycles. The average molecular weight is 245 g/mol. The van der Waals surface area contributed by atoms with Crippen molar-refractivity contribution in [2.45, 2.75) is 39.7 Å². The average Bonchev–Trinajstić information content (AvgIpc) is 2.13. The van der Waals surface area contributed by atoms with Crippen LogP contribution in [0.25, 0.3) is 0 Å². The number of carbonyl (C=O) groups is 3. The lowest BCUT2D eigenvalue weighted by Crippen LogP contribution is -2.43. The molecule has 1 amide bonds. The summed E-state index contributed by atoms with van der Waals surface area (Å²) >= 11 is 0. The number of ether oxygens (including phenoxy) is 1. The fourth-order valence-corrected chi connectivity index (χ4v) is 1.18. The van der Waals surface area contributed by atoms with Crippen LogP contribution in [0.15, 0.2) is 0 Å². The Morgan fingerprint density at radius 1 is 1.29 bits per heavy atom. The largest absolute Gasteiger partial charge is 0.480 e. The molecule has 0 heterocycles. The Bertz CT molecular complexity index is 305. The first-order chi connectivity index (χ1) is 7.65. The molecule has 0 spiro atoms. The van der Waals surface area contributed by atoms with E-state index >= 15 is 0 Å². The lowest BCUT2D eigenvalue weighted by Gasteiger charge is -2.19. The lowest BCUT2D eigenvalue weighted by molar-refractivity contribution is -0.148.